The van der Waals surface area contributed by atoms with Crippen molar-refractivity contribution in [1.82, 2.24) is 0 Å². The van der Waals surface area contributed by atoms with Gasteiger partial charge in [0.2, 0.25) is 0 Å². The Balaban J connectivity index is 3.01. The van der Waals surface area contributed by atoms with Gasteiger partial charge in [0.05, 0.1) is 5.69 Å². The van der Waals surface area contributed by atoms with Gasteiger partial charge < -0.3 is 10.5 Å². The molecule has 0 aliphatic heterocycles. The summed E-state index contributed by atoms with van der Waals surface area (Å²) >= 11 is 5.60. The molecular weight excluding hydrogens is 166 g/mol. The molecule has 3 nitrogen and oxygen atoms in total. The van der Waals surface area contributed by atoms with E-state index in [4.69, 9.17) is 17.3 Å². The molecule has 0 bridgehead atoms. The first kappa shape index (κ1) is 7.88. The fourth-order valence-electron chi connectivity index (χ4n) is 0.662. The molecule has 1 aromatic rings. The van der Waals surface area contributed by atoms with Gasteiger partial charge in [0, 0.05) is 11.1 Å². The van der Waals surface area contributed by atoms with E-state index < -0.39 is 0 Å². The van der Waals surface area contributed by atoms with Crippen molar-refractivity contribution in [3.8, 4) is 5.75 Å². The van der Waals surface area contributed by atoms with Gasteiger partial charge in [-0.1, -0.05) is 11.6 Å². The summed E-state index contributed by atoms with van der Waals surface area (Å²) in [7, 11) is 0. The maximum Gasteiger partial charge on any atom is 0.298 e. The van der Waals surface area contributed by atoms with Gasteiger partial charge in [-0.25, -0.2) is 0 Å². The monoisotopic (exact) mass is 171 g/mol. The van der Waals surface area contributed by atoms with Gasteiger partial charge in [-0.05, 0) is 12.1 Å². The normalized spacial score (nSPS) is 9.18. The van der Waals surface area contributed by atoms with Crippen LogP contribution in [0.25, 0.3) is 0 Å². The molecule has 2 N–H and O–H groups in total. The van der Waals surface area contributed by atoms with Crippen LogP contribution in [0.2, 0.25) is 5.02 Å². The topological polar surface area (TPSA) is 52.3 Å². The Hall–Kier alpha value is -1.22. The number of anilines is 1. The third-order valence-electron chi connectivity index (χ3n) is 1.15. The molecule has 0 aliphatic carbocycles. The number of ether oxygens (including phenoxy) is 1. The fraction of sp³-hybridized carbons (Fsp3) is 0. The SMILES string of the molecule is Nc1ccc(Cl)cc1OC=O. The summed E-state index contributed by atoms with van der Waals surface area (Å²) in [6, 6.07) is 4.67. The van der Waals surface area contributed by atoms with Crippen LogP contribution in [0.3, 0.4) is 0 Å². The molecular formula is C7H6ClNO2. The Morgan fingerprint density at radius 3 is 2.91 bits per heavy atom. The van der Waals surface area contributed by atoms with E-state index in [0.717, 1.165) is 0 Å². The zero-order valence-electron chi connectivity index (χ0n) is 5.58. The van der Waals surface area contributed by atoms with E-state index in [1.165, 1.54) is 6.07 Å². The fourth-order valence-corrected chi connectivity index (χ4v) is 0.824. The van der Waals surface area contributed by atoms with Gasteiger partial charge in [-0.15, -0.1) is 0 Å². The summed E-state index contributed by atoms with van der Waals surface area (Å²) in [5, 5.41) is 0.482. The van der Waals surface area contributed by atoms with E-state index in [0.29, 0.717) is 17.2 Å². The number of hydrogen-bond acceptors (Lipinski definition) is 3. The highest BCUT2D eigenvalue weighted by Gasteiger charge is 1.99. The molecule has 1 aromatic carbocycles. The molecule has 0 atom stereocenters. The van der Waals surface area contributed by atoms with Crippen LogP contribution in [0.5, 0.6) is 5.75 Å². The second-order valence-electron chi connectivity index (χ2n) is 1.90. The minimum absolute atomic E-state index is 0.285. The molecule has 11 heavy (non-hydrogen) atoms. The van der Waals surface area contributed by atoms with Crippen molar-refractivity contribution in [3.05, 3.63) is 23.2 Å². The Labute approximate surface area is 68.7 Å². The molecule has 0 unspecified atom stereocenters. The van der Waals surface area contributed by atoms with E-state index >= 15 is 0 Å². The lowest BCUT2D eigenvalue weighted by Gasteiger charge is -2.01. The Kier molecular flexibility index (Phi) is 2.33. The smallest absolute Gasteiger partial charge is 0.298 e. The highest BCUT2D eigenvalue weighted by molar-refractivity contribution is 6.30. The lowest BCUT2D eigenvalue weighted by Crippen LogP contribution is -1.94. The highest BCUT2D eigenvalue weighted by atomic mass is 35.5. The Morgan fingerprint density at radius 2 is 2.27 bits per heavy atom. The quantitative estimate of drug-likeness (QED) is 0.542. The van der Waals surface area contributed by atoms with Crippen molar-refractivity contribution >= 4 is 23.8 Å². The summed E-state index contributed by atoms with van der Waals surface area (Å²) in [6.07, 6.45) is 0. The van der Waals surface area contributed by atoms with E-state index in [-0.39, 0.29) is 5.75 Å². The standard InChI is InChI=1S/C7H6ClNO2/c8-5-1-2-6(9)7(3-5)11-4-10/h1-4H,9H2. The third-order valence-corrected chi connectivity index (χ3v) is 1.39. The van der Waals surface area contributed by atoms with Crippen molar-refractivity contribution in [2.75, 3.05) is 5.73 Å². The van der Waals surface area contributed by atoms with Gasteiger partial charge in [0.25, 0.3) is 6.47 Å². The lowest BCUT2D eigenvalue weighted by molar-refractivity contribution is -0.120. The van der Waals surface area contributed by atoms with Crippen LogP contribution < -0.4 is 10.5 Å². The molecule has 58 valence electrons. The Bertz CT molecular complexity index is 275. The van der Waals surface area contributed by atoms with Crippen LogP contribution >= 0.6 is 11.6 Å². The molecule has 0 radical (unpaired) electrons. The predicted octanol–water partition coefficient (Wildman–Crippen LogP) is 1.46. The summed E-state index contributed by atoms with van der Waals surface area (Å²) < 4.78 is 4.53. The summed E-state index contributed by atoms with van der Waals surface area (Å²) in [5.41, 5.74) is 5.82. The van der Waals surface area contributed by atoms with Crippen LogP contribution in [0.15, 0.2) is 18.2 Å². The van der Waals surface area contributed by atoms with Gasteiger partial charge in [0.15, 0.2) is 5.75 Å². The Morgan fingerprint density at radius 1 is 1.55 bits per heavy atom. The van der Waals surface area contributed by atoms with E-state index in [1.54, 1.807) is 12.1 Å². The molecule has 0 saturated heterocycles. The van der Waals surface area contributed by atoms with Gasteiger partial charge in [-0.2, -0.15) is 0 Å². The average Bonchev–Trinajstić information content (AvgIpc) is 1.98. The number of carbonyl (C=O) groups excluding carboxylic acids is 1. The minimum atomic E-state index is 0.285. The van der Waals surface area contributed by atoms with Crippen LogP contribution in [-0.2, 0) is 4.79 Å². The molecule has 0 aromatic heterocycles. The zero-order valence-corrected chi connectivity index (χ0v) is 6.34. The van der Waals surface area contributed by atoms with E-state index in [9.17, 15) is 4.79 Å². The molecule has 4 heteroatoms. The first-order chi connectivity index (χ1) is 5.24. The number of carbonyl (C=O) groups is 1. The van der Waals surface area contributed by atoms with E-state index in [1.807, 2.05) is 0 Å². The van der Waals surface area contributed by atoms with Crippen LogP contribution in [0, 0.1) is 0 Å². The second-order valence-corrected chi connectivity index (χ2v) is 2.33. The van der Waals surface area contributed by atoms with Crippen molar-refractivity contribution in [2.24, 2.45) is 0 Å². The number of rotatable bonds is 2. The summed E-state index contributed by atoms with van der Waals surface area (Å²) in [5.74, 6) is 0.285. The van der Waals surface area contributed by atoms with Gasteiger partial charge >= 0.3 is 0 Å². The zero-order chi connectivity index (χ0) is 8.27. The summed E-state index contributed by atoms with van der Waals surface area (Å²) in [6.45, 7) is 0.308. The van der Waals surface area contributed by atoms with Crippen LogP contribution in [0.4, 0.5) is 5.69 Å². The van der Waals surface area contributed by atoms with Gasteiger partial charge in [-0.3, -0.25) is 4.79 Å². The number of nitrogens with two attached hydrogens (primary N) is 1. The molecule has 0 heterocycles. The highest BCUT2D eigenvalue weighted by Crippen LogP contribution is 2.24. The number of hydrogen-bond donors (Lipinski definition) is 1. The van der Waals surface area contributed by atoms with Crippen molar-refractivity contribution in [3.63, 3.8) is 0 Å². The van der Waals surface area contributed by atoms with Gasteiger partial charge in [0.1, 0.15) is 0 Å². The van der Waals surface area contributed by atoms with Crippen LogP contribution in [-0.4, -0.2) is 6.47 Å². The molecule has 1 rings (SSSR count). The lowest BCUT2D eigenvalue weighted by atomic mass is 10.3. The number of nitrogen functional groups attached to an aromatic ring is 1. The number of halogens is 1. The maximum absolute atomic E-state index is 9.92. The molecule has 0 spiro atoms. The molecule has 0 aliphatic rings. The largest absolute Gasteiger partial charge is 0.426 e. The first-order valence-electron chi connectivity index (χ1n) is 2.89. The van der Waals surface area contributed by atoms with Crippen molar-refractivity contribution in [1.29, 1.82) is 0 Å². The average molecular weight is 172 g/mol. The number of benzene rings is 1. The molecule has 0 amide bonds. The second kappa shape index (κ2) is 3.25. The minimum Gasteiger partial charge on any atom is -0.426 e. The molecule has 0 fully saturated rings. The van der Waals surface area contributed by atoms with E-state index in [2.05, 4.69) is 4.74 Å². The van der Waals surface area contributed by atoms with Crippen LogP contribution in [0.1, 0.15) is 0 Å². The molecule has 0 saturated carbocycles. The summed E-state index contributed by atoms with van der Waals surface area (Å²) in [4.78, 5) is 9.92. The maximum atomic E-state index is 9.92. The van der Waals surface area contributed by atoms with Crippen molar-refractivity contribution < 1.29 is 9.53 Å². The predicted molar refractivity (Wildman–Crippen MR) is 42.6 cm³/mol. The first-order valence-corrected chi connectivity index (χ1v) is 3.27. The third kappa shape index (κ3) is 1.85. The van der Waals surface area contributed by atoms with Crippen molar-refractivity contribution in [2.45, 2.75) is 0 Å².